The number of imidazole rings is 1. The number of aliphatic imine (C=N–C) groups is 1. The molecule has 1 aromatic carbocycles. The number of likely N-dealkylation sites (tertiary alicyclic amines) is 1. The van der Waals surface area contributed by atoms with E-state index in [1.165, 1.54) is 0 Å². The highest BCUT2D eigenvalue weighted by Crippen LogP contribution is 2.29. The number of terminal acetylenes is 1. The maximum atomic E-state index is 5.61. The number of nitrogens with one attached hydrogen (secondary N) is 1. The van der Waals surface area contributed by atoms with E-state index in [2.05, 4.69) is 39.5 Å². The molecule has 2 unspecified atom stereocenters. The molecule has 0 aliphatic carbocycles. The van der Waals surface area contributed by atoms with Crippen LogP contribution in [0.3, 0.4) is 0 Å². The smallest absolute Gasteiger partial charge is 0.194 e. The number of aromatic nitrogens is 2. The molecule has 30 heavy (non-hydrogen) atoms. The van der Waals surface area contributed by atoms with E-state index in [0.29, 0.717) is 30.0 Å². The Morgan fingerprint density at radius 1 is 1.40 bits per heavy atom. The van der Waals surface area contributed by atoms with E-state index < -0.39 is 0 Å². The van der Waals surface area contributed by atoms with Gasteiger partial charge in [0.25, 0.3) is 0 Å². The minimum Gasteiger partial charge on any atom is -0.493 e. The summed E-state index contributed by atoms with van der Waals surface area (Å²) < 4.78 is 13.2. The molecule has 160 valence electrons. The Kier molecular flexibility index (Phi) is 7.61. The SMILES string of the molecule is C#CCOc1cc(CN=C(NCC)N2CCC(C)C(n3ccnc3)C2)ccc1OC. The third kappa shape index (κ3) is 5.26. The molecule has 2 heterocycles. The van der Waals surface area contributed by atoms with Crippen LogP contribution in [0.2, 0.25) is 0 Å². The van der Waals surface area contributed by atoms with Crippen LogP contribution in [-0.4, -0.2) is 53.8 Å². The van der Waals surface area contributed by atoms with Gasteiger partial charge in [0, 0.05) is 32.0 Å². The number of nitrogens with zero attached hydrogens (tertiary/aromatic N) is 4. The van der Waals surface area contributed by atoms with Gasteiger partial charge in [-0.1, -0.05) is 18.9 Å². The van der Waals surface area contributed by atoms with E-state index in [0.717, 1.165) is 37.6 Å². The molecule has 7 nitrogen and oxygen atoms in total. The molecule has 1 saturated heterocycles. The van der Waals surface area contributed by atoms with Gasteiger partial charge in [-0.05, 0) is 37.0 Å². The molecule has 2 aromatic rings. The molecule has 2 atom stereocenters. The van der Waals surface area contributed by atoms with Gasteiger partial charge >= 0.3 is 0 Å². The van der Waals surface area contributed by atoms with Gasteiger partial charge < -0.3 is 24.3 Å². The third-order valence-corrected chi connectivity index (χ3v) is 5.41. The first-order valence-corrected chi connectivity index (χ1v) is 10.4. The van der Waals surface area contributed by atoms with E-state index in [-0.39, 0.29) is 6.61 Å². The molecule has 1 aromatic heterocycles. The fourth-order valence-corrected chi connectivity index (χ4v) is 3.74. The van der Waals surface area contributed by atoms with Crippen molar-refractivity contribution in [3.05, 3.63) is 42.5 Å². The van der Waals surface area contributed by atoms with Crippen molar-refractivity contribution in [2.45, 2.75) is 32.9 Å². The molecular weight excluding hydrogens is 378 g/mol. The average Bonchev–Trinajstić information content (AvgIpc) is 3.30. The summed E-state index contributed by atoms with van der Waals surface area (Å²) in [5, 5.41) is 3.44. The van der Waals surface area contributed by atoms with Crippen molar-refractivity contribution in [3.63, 3.8) is 0 Å². The van der Waals surface area contributed by atoms with E-state index in [9.17, 15) is 0 Å². The first kappa shape index (κ1) is 21.6. The summed E-state index contributed by atoms with van der Waals surface area (Å²) in [6.45, 7) is 7.85. The molecule has 1 N–H and O–H groups in total. The summed E-state index contributed by atoms with van der Waals surface area (Å²) in [5.74, 6) is 5.31. The maximum absolute atomic E-state index is 5.61. The number of benzene rings is 1. The number of guanidine groups is 1. The number of methoxy groups -OCH3 is 1. The van der Waals surface area contributed by atoms with E-state index >= 15 is 0 Å². The Labute approximate surface area is 179 Å². The summed E-state index contributed by atoms with van der Waals surface area (Å²) in [6.07, 6.45) is 12.2. The lowest BCUT2D eigenvalue weighted by Gasteiger charge is -2.39. The number of hydrogen-bond acceptors (Lipinski definition) is 4. The summed E-state index contributed by atoms with van der Waals surface area (Å²) in [5.41, 5.74) is 1.04. The highest BCUT2D eigenvalue weighted by Gasteiger charge is 2.28. The Bertz CT molecular complexity index is 872. The molecule has 1 aliphatic rings. The second-order valence-corrected chi connectivity index (χ2v) is 7.44. The standard InChI is InChI=1S/C23H31N5O2/c1-5-13-30-22-14-19(7-8-21(22)29-4)15-26-23(25-6-2)27-11-9-18(3)20(16-27)28-12-10-24-17-28/h1,7-8,10,12,14,17-18,20H,6,9,11,13,15-16H2,2-4H3,(H,25,26). The van der Waals surface area contributed by atoms with Crippen molar-refractivity contribution in [1.82, 2.24) is 19.8 Å². The second kappa shape index (κ2) is 10.6. The maximum Gasteiger partial charge on any atom is 0.194 e. The fraction of sp³-hybridized carbons (Fsp3) is 0.478. The number of hydrogen-bond donors (Lipinski definition) is 1. The van der Waals surface area contributed by atoms with Gasteiger partial charge in [0.05, 0.1) is 26.0 Å². The zero-order valence-electron chi connectivity index (χ0n) is 18.0. The Hall–Kier alpha value is -3.14. The first-order chi connectivity index (χ1) is 14.7. The lowest BCUT2D eigenvalue weighted by atomic mass is 9.93. The van der Waals surface area contributed by atoms with Crippen LogP contribution in [0.15, 0.2) is 41.9 Å². The summed E-state index contributed by atoms with van der Waals surface area (Å²) >= 11 is 0. The van der Waals surface area contributed by atoms with Gasteiger partial charge in [-0.2, -0.15) is 0 Å². The van der Waals surface area contributed by atoms with E-state index in [1.807, 2.05) is 36.9 Å². The monoisotopic (exact) mass is 409 g/mol. The molecule has 0 spiro atoms. The van der Waals surface area contributed by atoms with Crippen LogP contribution in [0.25, 0.3) is 0 Å². The van der Waals surface area contributed by atoms with Crippen molar-refractivity contribution < 1.29 is 9.47 Å². The van der Waals surface area contributed by atoms with Gasteiger partial charge in [-0.3, -0.25) is 0 Å². The predicted molar refractivity (Wildman–Crippen MR) is 119 cm³/mol. The Morgan fingerprint density at radius 3 is 2.97 bits per heavy atom. The molecule has 0 radical (unpaired) electrons. The van der Waals surface area contributed by atoms with Crippen molar-refractivity contribution in [2.75, 3.05) is 33.4 Å². The van der Waals surface area contributed by atoms with Crippen LogP contribution in [0, 0.1) is 18.3 Å². The second-order valence-electron chi connectivity index (χ2n) is 7.44. The van der Waals surface area contributed by atoms with Crippen LogP contribution in [0.5, 0.6) is 11.5 Å². The Balaban J connectivity index is 1.75. The van der Waals surface area contributed by atoms with Crippen LogP contribution < -0.4 is 14.8 Å². The molecular formula is C23H31N5O2. The van der Waals surface area contributed by atoms with Crippen molar-refractivity contribution in [3.8, 4) is 23.8 Å². The molecule has 0 bridgehead atoms. The highest BCUT2D eigenvalue weighted by molar-refractivity contribution is 5.80. The van der Waals surface area contributed by atoms with Gasteiger partial charge in [0.1, 0.15) is 6.61 Å². The minimum absolute atomic E-state index is 0.202. The molecule has 1 aliphatic heterocycles. The van der Waals surface area contributed by atoms with Crippen LogP contribution >= 0.6 is 0 Å². The predicted octanol–water partition coefficient (Wildman–Crippen LogP) is 2.95. The largest absolute Gasteiger partial charge is 0.493 e. The van der Waals surface area contributed by atoms with E-state index in [1.54, 1.807) is 7.11 Å². The van der Waals surface area contributed by atoms with Gasteiger partial charge in [-0.15, -0.1) is 6.42 Å². The van der Waals surface area contributed by atoms with Gasteiger partial charge in [-0.25, -0.2) is 9.98 Å². The van der Waals surface area contributed by atoms with Gasteiger partial charge in [0.2, 0.25) is 0 Å². The zero-order chi connectivity index (χ0) is 21.3. The topological polar surface area (TPSA) is 63.9 Å². The number of ether oxygens (including phenoxy) is 2. The summed E-state index contributed by atoms with van der Waals surface area (Å²) in [4.78, 5) is 11.5. The Morgan fingerprint density at radius 2 is 2.27 bits per heavy atom. The average molecular weight is 410 g/mol. The normalized spacial score (nSPS) is 19.3. The third-order valence-electron chi connectivity index (χ3n) is 5.41. The molecule has 7 heteroatoms. The highest BCUT2D eigenvalue weighted by atomic mass is 16.5. The van der Waals surface area contributed by atoms with Crippen LogP contribution in [-0.2, 0) is 6.54 Å². The van der Waals surface area contributed by atoms with Crippen LogP contribution in [0.1, 0.15) is 31.9 Å². The molecule has 0 amide bonds. The zero-order valence-corrected chi connectivity index (χ0v) is 18.0. The summed E-state index contributed by atoms with van der Waals surface area (Å²) in [7, 11) is 1.62. The lowest BCUT2D eigenvalue weighted by molar-refractivity contribution is 0.189. The number of piperidine rings is 1. The lowest BCUT2D eigenvalue weighted by Crippen LogP contribution is -2.49. The molecule has 3 rings (SSSR count). The van der Waals surface area contributed by atoms with Crippen molar-refractivity contribution in [1.29, 1.82) is 0 Å². The quantitative estimate of drug-likeness (QED) is 0.433. The molecule has 1 fully saturated rings. The summed E-state index contributed by atoms with van der Waals surface area (Å²) in [6, 6.07) is 6.22. The van der Waals surface area contributed by atoms with Crippen LogP contribution in [0.4, 0.5) is 0 Å². The molecule has 0 saturated carbocycles. The van der Waals surface area contributed by atoms with Crippen molar-refractivity contribution >= 4 is 5.96 Å². The van der Waals surface area contributed by atoms with E-state index in [4.69, 9.17) is 20.9 Å². The van der Waals surface area contributed by atoms with Gasteiger partial charge in [0.15, 0.2) is 17.5 Å². The minimum atomic E-state index is 0.202. The first-order valence-electron chi connectivity index (χ1n) is 10.4. The van der Waals surface area contributed by atoms with Crippen molar-refractivity contribution in [2.24, 2.45) is 10.9 Å². The fourth-order valence-electron chi connectivity index (χ4n) is 3.74. The number of rotatable bonds is 7.